The molecular formula is C8H23N2Zn. The molecule has 0 fully saturated rings. The van der Waals surface area contributed by atoms with Crippen LogP contribution in [0.3, 0.4) is 0 Å². The molecule has 3 heteroatoms. The fourth-order valence-electron chi connectivity index (χ4n) is 1.10. The first-order chi connectivity index (χ1) is 4.81. The van der Waals surface area contributed by atoms with Gasteiger partial charge in [-0.2, -0.15) is 0 Å². The number of unbranched alkanes of at least 4 members (excludes halogenated alkanes) is 1. The van der Waals surface area contributed by atoms with Crippen LogP contribution in [0.25, 0.3) is 0 Å². The Labute approximate surface area is 71.9 Å². The third-order valence-corrected chi connectivity index (χ3v) is 6.75. The summed E-state index contributed by atoms with van der Waals surface area (Å²) in [6.07, 6.45) is 2.38. The molecule has 0 atom stereocenters. The standard InChI is InChI=1S/C4H11N2.4CH3.Zn/c5-3-1-2-4-6;;;;;/h5H,1-4,6H2;4*1H3;/q-1;;;;;+1. The zero-order valence-corrected chi connectivity index (χ0v) is 11.6. The van der Waals surface area contributed by atoms with E-state index < -0.39 is 13.8 Å². The average molecular weight is 213 g/mol. The molecule has 0 spiro atoms. The van der Waals surface area contributed by atoms with Crippen LogP contribution in [-0.4, -0.2) is 13.1 Å². The van der Waals surface area contributed by atoms with Crippen molar-refractivity contribution in [2.24, 2.45) is 5.73 Å². The second kappa shape index (κ2) is 3.97. The molecular weight excluding hydrogens is 189 g/mol. The fraction of sp³-hybridized carbons (Fsp3) is 1.00. The van der Waals surface area contributed by atoms with Crippen molar-refractivity contribution in [3.8, 4) is 0 Å². The third kappa shape index (κ3) is 10.5. The predicted octanol–water partition coefficient (Wildman–Crippen LogP) is 2.11. The van der Waals surface area contributed by atoms with Gasteiger partial charge in [0.1, 0.15) is 0 Å². The Hall–Kier alpha value is 0.543. The van der Waals surface area contributed by atoms with Crippen molar-refractivity contribution in [1.82, 2.24) is 4.06 Å². The number of hydrogen-bond acceptors (Lipinski definition) is 2. The van der Waals surface area contributed by atoms with Crippen LogP contribution >= 0.6 is 0 Å². The second-order valence-corrected chi connectivity index (χ2v) is 31.9. The summed E-state index contributed by atoms with van der Waals surface area (Å²) in [7, 11) is 0. The molecule has 0 heterocycles. The molecule has 0 aromatic carbocycles. The van der Waals surface area contributed by atoms with Gasteiger partial charge in [0.2, 0.25) is 0 Å². The van der Waals surface area contributed by atoms with E-state index in [4.69, 9.17) is 5.73 Å². The van der Waals surface area contributed by atoms with E-state index in [9.17, 15) is 0 Å². The fourth-order valence-corrected chi connectivity index (χ4v) is 4.59. The topological polar surface area (TPSA) is 38.0 Å². The van der Waals surface area contributed by atoms with Gasteiger partial charge in [0.15, 0.2) is 0 Å². The molecule has 0 bridgehead atoms. The number of rotatable bonds is 5. The Kier molecular flexibility index (Phi) is 4.17. The SMILES string of the molecule is [CH3][Zn]([CH3])([CH3])([CH3])[NH]CCCCN. The van der Waals surface area contributed by atoms with E-state index in [0.29, 0.717) is 0 Å². The third-order valence-electron chi connectivity index (χ3n) is 1.81. The Morgan fingerprint density at radius 1 is 1.09 bits per heavy atom. The zero-order valence-electron chi connectivity index (χ0n) is 8.61. The van der Waals surface area contributed by atoms with Crippen molar-refractivity contribution in [2.75, 3.05) is 13.1 Å². The monoisotopic (exact) mass is 211 g/mol. The van der Waals surface area contributed by atoms with Crippen LogP contribution in [0.1, 0.15) is 12.8 Å². The Morgan fingerprint density at radius 3 is 2.00 bits per heavy atom. The maximum atomic E-state index is 5.40. The van der Waals surface area contributed by atoms with E-state index in [-0.39, 0.29) is 0 Å². The van der Waals surface area contributed by atoms with E-state index in [1.807, 2.05) is 0 Å². The van der Waals surface area contributed by atoms with Crippen molar-refractivity contribution < 1.29 is 13.8 Å². The minimum atomic E-state index is -2.32. The van der Waals surface area contributed by atoms with Gasteiger partial charge in [-0.3, -0.25) is 0 Å². The quantitative estimate of drug-likeness (QED) is 0.541. The normalized spacial score (nSPS) is 13.6. The molecule has 11 heavy (non-hydrogen) atoms. The summed E-state index contributed by atoms with van der Waals surface area (Å²) >= 11 is -2.32. The van der Waals surface area contributed by atoms with Gasteiger partial charge in [0, 0.05) is 0 Å². The van der Waals surface area contributed by atoms with Gasteiger partial charge in [-0.1, -0.05) is 0 Å². The van der Waals surface area contributed by atoms with E-state index >= 15 is 0 Å². The summed E-state index contributed by atoms with van der Waals surface area (Å²) < 4.78 is 3.69. The van der Waals surface area contributed by atoms with Crippen LogP contribution in [0.15, 0.2) is 0 Å². The summed E-state index contributed by atoms with van der Waals surface area (Å²) in [6.45, 7) is 1.99. The van der Waals surface area contributed by atoms with E-state index in [0.717, 1.165) is 19.5 Å². The molecule has 0 saturated heterocycles. The Morgan fingerprint density at radius 2 is 1.64 bits per heavy atom. The van der Waals surface area contributed by atoms with E-state index in [1.165, 1.54) is 6.42 Å². The molecule has 2 nitrogen and oxygen atoms in total. The zero-order chi connectivity index (χ0) is 8.98. The van der Waals surface area contributed by atoms with Crippen LogP contribution in [0.2, 0.25) is 22.1 Å². The number of nitrogens with two attached hydrogens (primary N) is 1. The van der Waals surface area contributed by atoms with Gasteiger partial charge in [-0.05, 0) is 0 Å². The number of nitrogens with one attached hydrogen (secondary N) is 1. The molecule has 0 aromatic heterocycles. The van der Waals surface area contributed by atoms with Crippen molar-refractivity contribution in [3.63, 3.8) is 0 Å². The summed E-state index contributed by atoms with van der Waals surface area (Å²) in [5, 5.41) is 0. The van der Waals surface area contributed by atoms with Crippen LogP contribution in [0, 0.1) is 0 Å². The van der Waals surface area contributed by atoms with Gasteiger partial charge < -0.3 is 0 Å². The van der Waals surface area contributed by atoms with Crippen LogP contribution in [0.4, 0.5) is 0 Å². The second-order valence-electron chi connectivity index (χ2n) is 7.15. The molecule has 0 aliphatic carbocycles. The van der Waals surface area contributed by atoms with Crippen molar-refractivity contribution in [2.45, 2.75) is 34.9 Å². The van der Waals surface area contributed by atoms with Crippen molar-refractivity contribution in [3.05, 3.63) is 0 Å². The predicted molar refractivity (Wildman–Crippen MR) is 49.7 cm³/mol. The molecule has 0 aliphatic heterocycles. The molecule has 0 aromatic rings. The Bertz CT molecular complexity index is 106. The van der Waals surface area contributed by atoms with E-state index in [1.54, 1.807) is 0 Å². The average Bonchev–Trinajstić information content (AvgIpc) is 1.76. The molecule has 0 aliphatic rings. The maximum absolute atomic E-state index is 5.40. The van der Waals surface area contributed by atoms with Crippen LogP contribution in [-0.2, 0) is 13.8 Å². The van der Waals surface area contributed by atoms with Gasteiger partial charge >= 0.3 is 71.6 Å². The first-order valence-corrected chi connectivity index (χ1v) is 18.8. The Balaban J connectivity index is 3.40. The summed E-state index contributed by atoms with van der Waals surface area (Å²) in [5.41, 5.74) is 15.1. The number of hydrogen-bond donors (Lipinski definition) is 2. The molecule has 0 saturated carbocycles. The molecule has 0 radical (unpaired) electrons. The van der Waals surface area contributed by atoms with Gasteiger partial charge in [-0.15, -0.1) is 0 Å². The van der Waals surface area contributed by atoms with Gasteiger partial charge in [-0.25, -0.2) is 0 Å². The first-order valence-electron chi connectivity index (χ1n) is 5.44. The van der Waals surface area contributed by atoms with Crippen molar-refractivity contribution in [1.29, 1.82) is 0 Å². The van der Waals surface area contributed by atoms with Crippen molar-refractivity contribution >= 4 is 0 Å². The van der Waals surface area contributed by atoms with Crippen LogP contribution in [0.5, 0.6) is 0 Å². The minimum absolute atomic E-state index is 0.828. The first kappa shape index (κ1) is 11.5. The molecule has 0 rings (SSSR count). The summed E-state index contributed by atoms with van der Waals surface area (Å²) in [4.78, 5) is 0. The molecule has 3 N–H and O–H groups in total. The summed E-state index contributed by atoms with van der Waals surface area (Å²) in [5.74, 6) is 0. The van der Waals surface area contributed by atoms with Crippen LogP contribution < -0.4 is 9.79 Å². The van der Waals surface area contributed by atoms with Gasteiger partial charge in [0.25, 0.3) is 0 Å². The summed E-state index contributed by atoms with van der Waals surface area (Å²) in [6, 6.07) is 0. The molecule has 0 unspecified atom stereocenters. The molecule has 0 amide bonds. The van der Waals surface area contributed by atoms with Gasteiger partial charge in [0.05, 0.1) is 0 Å². The molecule has 67 valence electrons. The van der Waals surface area contributed by atoms with E-state index in [2.05, 4.69) is 26.1 Å².